The van der Waals surface area contributed by atoms with Crippen LogP contribution in [0.5, 0.6) is 11.5 Å². The molecule has 0 bridgehead atoms. The predicted molar refractivity (Wildman–Crippen MR) is 130 cm³/mol. The molecule has 33 heavy (non-hydrogen) atoms. The number of fused-ring (bicyclic) bond motifs is 2. The zero-order valence-electron chi connectivity index (χ0n) is 18.4. The van der Waals surface area contributed by atoms with Gasteiger partial charge < -0.3 is 14.4 Å². The van der Waals surface area contributed by atoms with Crippen molar-refractivity contribution in [3.63, 3.8) is 0 Å². The first-order valence-electron chi connectivity index (χ1n) is 10.5. The molecule has 1 amide bonds. The summed E-state index contributed by atoms with van der Waals surface area (Å²) in [5.74, 6) is 1.08. The van der Waals surface area contributed by atoms with E-state index in [1.807, 2.05) is 12.1 Å². The van der Waals surface area contributed by atoms with E-state index in [1.165, 1.54) is 35.6 Å². The first-order valence-corrected chi connectivity index (χ1v) is 11.3. The maximum absolute atomic E-state index is 13.4. The van der Waals surface area contributed by atoms with Gasteiger partial charge in [0.15, 0.2) is 16.6 Å². The van der Waals surface area contributed by atoms with E-state index in [0.29, 0.717) is 48.5 Å². The summed E-state index contributed by atoms with van der Waals surface area (Å²) in [6.07, 6.45) is 0. The quantitative estimate of drug-likeness (QED) is 0.340. The van der Waals surface area contributed by atoms with Crippen molar-refractivity contribution >= 4 is 50.7 Å². The summed E-state index contributed by atoms with van der Waals surface area (Å²) in [5.41, 5.74) is 1.06. The van der Waals surface area contributed by atoms with E-state index in [4.69, 9.17) is 14.5 Å². The van der Waals surface area contributed by atoms with Crippen molar-refractivity contribution in [2.24, 2.45) is 0 Å². The number of carbonyl (C=O) groups is 1. The predicted octanol–water partition coefficient (Wildman–Crippen LogP) is 4.39. The van der Waals surface area contributed by atoms with Gasteiger partial charge in [0.05, 0.1) is 15.1 Å². The van der Waals surface area contributed by atoms with Crippen molar-refractivity contribution in [3.05, 3.63) is 52.1 Å². The number of amides is 1. The van der Waals surface area contributed by atoms with Crippen molar-refractivity contribution in [1.82, 2.24) is 9.88 Å². The molecule has 176 valence electrons. The molecule has 0 unspecified atom stereocenters. The second kappa shape index (κ2) is 10.8. The van der Waals surface area contributed by atoms with Gasteiger partial charge >= 0.3 is 0 Å². The molecule has 9 nitrogen and oxygen atoms in total. The van der Waals surface area contributed by atoms with Crippen LogP contribution in [0.15, 0.2) is 36.4 Å². The Morgan fingerprint density at radius 2 is 1.73 bits per heavy atom. The number of hydrogen-bond acceptors (Lipinski definition) is 8. The molecule has 0 aliphatic carbocycles. The molecule has 0 radical (unpaired) electrons. The fourth-order valence-electron chi connectivity index (χ4n) is 3.52. The van der Waals surface area contributed by atoms with Gasteiger partial charge in [-0.05, 0) is 25.2 Å². The third-order valence-electron chi connectivity index (χ3n) is 5.38. The molecular weight excluding hydrogens is 468 g/mol. The van der Waals surface area contributed by atoms with E-state index in [0.717, 1.165) is 23.3 Å². The number of rotatable bonds is 8. The fraction of sp³-hybridized carbons (Fsp3) is 0.364. The number of halogens is 1. The van der Waals surface area contributed by atoms with E-state index < -0.39 is 4.92 Å². The Bertz CT molecular complexity index is 1090. The Hall–Kier alpha value is -2.95. The number of nitrogens with zero attached hydrogens (tertiary/aromatic N) is 4. The van der Waals surface area contributed by atoms with Gasteiger partial charge in [-0.2, -0.15) is 0 Å². The fourth-order valence-corrected chi connectivity index (χ4v) is 4.52. The number of hydrogen-bond donors (Lipinski definition) is 0. The highest BCUT2D eigenvalue weighted by Crippen LogP contribution is 2.39. The van der Waals surface area contributed by atoms with Crippen molar-refractivity contribution in [2.45, 2.75) is 13.8 Å². The van der Waals surface area contributed by atoms with Crippen LogP contribution in [0.4, 0.5) is 10.8 Å². The van der Waals surface area contributed by atoms with E-state index >= 15 is 0 Å². The van der Waals surface area contributed by atoms with Crippen LogP contribution in [0, 0.1) is 10.1 Å². The van der Waals surface area contributed by atoms with Gasteiger partial charge in [0.25, 0.3) is 11.6 Å². The van der Waals surface area contributed by atoms with Gasteiger partial charge in [-0.1, -0.05) is 25.2 Å². The van der Waals surface area contributed by atoms with Crippen LogP contribution in [0.2, 0.25) is 0 Å². The Morgan fingerprint density at radius 3 is 2.33 bits per heavy atom. The van der Waals surface area contributed by atoms with Gasteiger partial charge in [-0.15, -0.1) is 12.4 Å². The monoisotopic (exact) mass is 492 g/mol. The van der Waals surface area contributed by atoms with Crippen LogP contribution in [-0.2, 0) is 0 Å². The lowest BCUT2D eigenvalue weighted by Gasteiger charge is -2.24. The zero-order valence-corrected chi connectivity index (χ0v) is 20.0. The second-order valence-corrected chi connectivity index (χ2v) is 8.26. The Balaban J connectivity index is 0.00000306. The highest BCUT2D eigenvalue weighted by Gasteiger charge is 2.24. The van der Waals surface area contributed by atoms with Crippen molar-refractivity contribution in [1.29, 1.82) is 0 Å². The molecule has 1 aromatic heterocycles. The zero-order chi connectivity index (χ0) is 22.7. The van der Waals surface area contributed by atoms with Crippen molar-refractivity contribution < 1.29 is 19.2 Å². The summed E-state index contributed by atoms with van der Waals surface area (Å²) in [5, 5.41) is 11.5. The maximum atomic E-state index is 13.4. The largest absolute Gasteiger partial charge is 0.486 e. The normalized spacial score (nSPS) is 12.5. The van der Waals surface area contributed by atoms with Crippen LogP contribution < -0.4 is 14.4 Å². The van der Waals surface area contributed by atoms with Gasteiger partial charge in [0.1, 0.15) is 13.2 Å². The van der Waals surface area contributed by atoms with Crippen molar-refractivity contribution in [3.8, 4) is 11.5 Å². The van der Waals surface area contributed by atoms with Crippen LogP contribution in [0.25, 0.3) is 10.2 Å². The molecule has 2 aromatic carbocycles. The Morgan fingerprint density at radius 1 is 1.09 bits per heavy atom. The lowest BCUT2D eigenvalue weighted by atomic mass is 10.2. The standard InChI is InChI=1S/C22H24N4O5S.ClH/c1-3-24(4-2)9-10-25(21(27)15-5-7-16(8-6-15)26(28)29)22-23-17-13-18-19(14-20(17)32-22)31-12-11-30-18;/h5-8,13-14H,3-4,9-12H2,1-2H3;1H. The van der Waals surface area contributed by atoms with E-state index in [1.54, 1.807) is 4.90 Å². The van der Waals surface area contributed by atoms with Gasteiger partial charge in [0.2, 0.25) is 0 Å². The molecule has 0 saturated heterocycles. The third-order valence-corrected chi connectivity index (χ3v) is 6.42. The van der Waals surface area contributed by atoms with Crippen LogP contribution in [0.1, 0.15) is 24.2 Å². The Labute approximate surface area is 201 Å². The number of aromatic nitrogens is 1. The Kier molecular flexibility index (Phi) is 8.06. The number of ether oxygens (including phenoxy) is 2. The number of nitro benzene ring substituents is 1. The molecule has 4 rings (SSSR count). The molecule has 1 aliphatic heterocycles. The number of anilines is 1. The minimum atomic E-state index is -0.480. The van der Waals surface area contributed by atoms with E-state index in [-0.39, 0.29) is 24.0 Å². The summed E-state index contributed by atoms with van der Waals surface area (Å²) in [4.78, 5) is 32.5. The molecule has 0 atom stereocenters. The number of carbonyl (C=O) groups excluding carboxylic acids is 1. The number of thiazole rings is 1. The molecule has 0 saturated carbocycles. The molecule has 0 N–H and O–H groups in total. The first kappa shape index (κ1) is 24.7. The molecule has 11 heteroatoms. The van der Waals surface area contributed by atoms with E-state index in [2.05, 4.69) is 18.7 Å². The molecule has 0 spiro atoms. The molecule has 0 fully saturated rings. The molecule has 3 aromatic rings. The minimum Gasteiger partial charge on any atom is -0.486 e. The van der Waals surface area contributed by atoms with Crippen LogP contribution >= 0.6 is 23.7 Å². The molecule has 1 aliphatic rings. The number of likely N-dealkylation sites (N-methyl/N-ethyl adjacent to an activating group) is 1. The lowest BCUT2D eigenvalue weighted by Crippen LogP contribution is -2.38. The van der Waals surface area contributed by atoms with Gasteiger partial charge in [0, 0.05) is 42.9 Å². The molecular formula is C22H25ClN4O5S. The summed E-state index contributed by atoms with van der Waals surface area (Å²) in [7, 11) is 0. The first-order chi connectivity index (χ1) is 15.5. The smallest absolute Gasteiger partial charge is 0.269 e. The van der Waals surface area contributed by atoms with E-state index in [9.17, 15) is 14.9 Å². The summed E-state index contributed by atoms with van der Waals surface area (Å²) < 4.78 is 12.2. The van der Waals surface area contributed by atoms with Gasteiger partial charge in [-0.25, -0.2) is 4.98 Å². The molecule has 2 heterocycles. The minimum absolute atomic E-state index is 0. The summed E-state index contributed by atoms with van der Waals surface area (Å²) in [6.45, 7) is 8.02. The average molecular weight is 493 g/mol. The van der Waals surface area contributed by atoms with Crippen LogP contribution in [-0.4, -0.2) is 60.1 Å². The topological polar surface area (TPSA) is 98.0 Å². The highest BCUT2D eigenvalue weighted by atomic mass is 35.5. The van der Waals surface area contributed by atoms with Crippen LogP contribution in [0.3, 0.4) is 0 Å². The average Bonchev–Trinajstić information content (AvgIpc) is 3.22. The number of non-ortho nitro benzene ring substituents is 1. The third kappa shape index (κ3) is 5.35. The number of nitro groups is 1. The SMILES string of the molecule is CCN(CC)CCN(C(=O)c1ccc([N+](=O)[O-])cc1)c1nc2cc3c(cc2s1)OCCO3.Cl. The highest BCUT2D eigenvalue weighted by molar-refractivity contribution is 7.22. The maximum Gasteiger partial charge on any atom is 0.269 e. The van der Waals surface area contributed by atoms with Crippen molar-refractivity contribution in [2.75, 3.05) is 44.3 Å². The lowest BCUT2D eigenvalue weighted by molar-refractivity contribution is -0.384. The van der Waals surface area contributed by atoms with Gasteiger partial charge in [-0.3, -0.25) is 19.8 Å². The number of benzene rings is 2. The second-order valence-electron chi connectivity index (χ2n) is 7.25. The summed E-state index contributed by atoms with van der Waals surface area (Å²) in [6, 6.07) is 9.39. The summed E-state index contributed by atoms with van der Waals surface area (Å²) >= 11 is 1.41.